The van der Waals surface area contributed by atoms with Crippen molar-refractivity contribution < 1.29 is 4.74 Å². The smallest absolute Gasteiger partial charge is 0.123 e. The van der Waals surface area contributed by atoms with E-state index in [0.717, 1.165) is 23.4 Å². The van der Waals surface area contributed by atoms with Crippen molar-refractivity contribution in [1.29, 1.82) is 5.41 Å². The zero-order valence-electron chi connectivity index (χ0n) is 9.13. The van der Waals surface area contributed by atoms with Crippen LogP contribution in [0, 0.1) is 12.3 Å². The molecule has 1 aromatic carbocycles. The van der Waals surface area contributed by atoms with E-state index >= 15 is 0 Å². The van der Waals surface area contributed by atoms with E-state index in [1.165, 1.54) is 0 Å². The zero-order chi connectivity index (χ0) is 11.3. The number of hydrogen-bond donors (Lipinski definition) is 3. The lowest BCUT2D eigenvalue weighted by Gasteiger charge is -2.09. The quantitative estimate of drug-likeness (QED) is 0.387. The van der Waals surface area contributed by atoms with Gasteiger partial charge in [-0.25, -0.2) is 0 Å². The summed E-state index contributed by atoms with van der Waals surface area (Å²) in [7, 11) is 1.67. The van der Waals surface area contributed by atoms with Gasteiger partial charge in [0.2, 0.25) is 0 Å². The normalized spacial score (nSPS) is 10.0. The Labute approximate surface area is 89.9 Å². The molecule has 4 N–H and O–H groups in total. The Kier molecular flexibility index (Phi) is 4.12. The third-order valence-corrected chi connectivity index (χ3v) is 2.15. The molecule has 0 radical (unpaired) electrons. The molecule has 1 aromatic rings. The first-order chi connectivity index (χ1) is 7.15. The second-order valence-corrected chi connectivity index (χ2v) is 3.36. The number of amidine groups is 1. The Morgan fingerprint density at radius 3 is 2.80 bits per heavy atom. The molecule has 4 heteroatoms. The molecule has 0 amide bonds. The molecule has 0 spiro atoms. The van der Waals surface area contributed by atoms with E-state index in [1.54, 1.807) is 7.11 Å². The van der Waals surface area contributed by atoms with Gasteiger partial charge >= 0.3 is 0 Å². The maximum Gasteiger partial charge on any atom is 0.123 e. The SMILES string of the molecule is COCCNc1ccc(C(=N)N)c(C)c1. The van der Waals surface area contributed by atoms with E-state index in [4.69, 9.17) is 15.9 Å². The second kappa shape index (κ2) is 5.36. The monoisotopic (exact) mass is 207 g/mol. The van der Waals surface area contributed by atoms with Crippen molar-refractivity contribution in [1.82, 2.24) is 0 Å². The maximum atomic E-state index is 7.35. The first kappa shape index (κ1) is 11.5. The van der Waals surface area contributed by atoms with Crippen LogP contribution >= 0.6 is 0 Å². The van der Waals surface area contributed by atoms with E-state index in [9.17, 15) is 0 Å². The Morgan fingerprint density at radius 1 is 1.53 bits per heavy atom. The third kappa shape index (κ3) is 3.25. The molecule has 0 aliphatic carbocycles. The highest BCUT2D eigenvalue weighted by molar-refractivity contribution is 5.96. The van der Waals surface area contributed by atoms with E-state index < -0.39 is 0 Å². The summed E-state index contributed by atoms with van der Waals surface area (Å²) in [5.74, 6) is 0.107. The molecule has 0 fully saturated rings. The van der Waals surface area contributed by atoms with Gasteiger partial charge in [0.15, 0.2) is 0 Å². The fourth-order valence-corrected chi connectivity index (χ4v) is 1.37. The summed E-state index contributed by atoms with van der Waals surface area (Å²) in [5.41, 5.74) is 8.24. The fourth-order valence-electron chi connectivity index (χ4n) is 1.37. The molecule has 0 aromatic heterocycles. The zero-order valence-corrected chi connectivity index (χ0v) is 9.13. The molecule has 0 aliphatic heterocycles. The molecule has 0 atom stereocenters. The van der Waals surface area contributed by atoms with E-state index in [0.29, 0.717) is 6.61 Å². The predicted molar refractivity (Wildman–Crippen MR) is 62.6 cm³/mol. The Bertz CT molecular complexity index is 350. The lowest BCUT2D eigenvalue weighted by atomic mass is 10.1. The summed E-state index contributed by atoms with van der Waals surface area (Å²) in [6, 6.07) is 5.75. The van der Waals surface area contributed by atoms with Gasteiger partial charge in [0.1, 0.15) is 5.84 Å². The standard InChI is InChI=1S/C11H17N3O/c1-8-7-9(14-5-6-15-2)3-4-10(8)11(12)13/h3-4,7,14H,5-6H2,1-2H3,(H3,12,13). The number of anilines is 1. The van der Waals surface area contributed by atoms with Crippen molar-refractivity contribution >= 4 is 11.5 Å². The summed E-state index contributed by atoms with van der Waals surface area (Å²) in [6.07, 6.45) is 0. The van der Waals surface area contributed by atoms with Gasteiger partial charge in [0.05, 0.1) is 6.61 Å². The second-order valence-electron chi connectivity index (χ2n) is 3.36. The van der Waals surface area contributed by atoms with Gasteiger partial charge in [-0.3, -0.25) is 5.41 Å². The number of ether oxygens (including phenoxy) is 1. The van der Waals surface area contributed by atoms with Crippen LogP contribution in [0.4, 0.5) is 5.69 Å². The van der Waals surface area contributed by atoms with Crippen LogP contribution in [0.15, 0.2) is 18.2 Å². The highest BCUT2D eigenvalue weighted by atomic mass is 16.5. The van der Waals surface area contributed by atoms with Gasteiger partial charge < -0.3 is 15.8 Å². The maximum absolute atomic E-state index is 7.35. The highest BCUT2D eigenvalue weighted by Gasteiger charge is 2.01. The van der Waals surface area contributed by atoms with Crippen LogP contribution in [-0.4, -0.2) is 26.1 Å². The summed E-state index contributed by atoms with van der Waals surface area (Å²) in [5, 5.41) is 10.6. The minimum atomic E-state index is 0.107. The number of hydrogen-bond acceptors (Lipinski definition) is 3. The summed E-state index contributed by atoms with van der Waals surface area (Å²) >= 11 is 0. The van der Waals surface area contributed by atoms with E-state index in [-0.39, 0.29) is 5.84 Å². The minimum absolute atomic E-state index is 0.107. The van der Waals surface area contributed by atoms with Gasteiger partial charge in [0, 0.05) is 24.9 Å². The van der Waals surface area contributed by atoms with Crippen LogP contribution in [0.3, 0.4) is 0 Å². The van der Waals surface area contributed by atoms with Crippen LogP contribution in [0.2, 0.25) is 0 Å². The van der Waals surface area contributed by atoms with Crippen molar-refractivity contribution in [2.24, 2.45) is 5.73 Å². The number of aryl methyl sites for hydroxylation is 1. The molecular formula is C11H17N3O. The molecule has 15 heavy (non-hydrogen) atoms. The number of nitrogens with two attached hydrogens (primary N) is 1. The Hall–Kier alpha value is -1.55. The number of methoxy groups -OCH3 is 1. The van der Waals surface area contributed by atoms with Crippen molar-refractivity contribution in [2.75, 3.05) is 25.6 Å². The number of nitrogens with one attached hydrogen (secondary N) is 2. The highest BCUT2D eigenvalue weighted by Crippen LogP contribution is 2.14. The van der Waals surface area contributed by atoms with Gasteiger partial charge in [0.25, 0.3) is 0 Å². The number of nitrogen functional groups attached to an aromatic ring is 1. The van der Waals surface area contributed by atoms with E-state index in [2.05, 4.69) is 5.32 Å². The Balaban J connectivity index is 2.69. The average molecular weight is 207 g/mol. The van der Waals surface area contributed by atoms with Crippen molar-refractivity contribution in [3.8, 4) is 0 Å². The van der Waals surface area contributed by atoms with Gasteiger partial charge in [-0.05, 0) is 30.7 Å². The third-order valence-electron chi connectivity index (χ3n) is 2.15. The first-order valence-electron chi connectivity index (χ1n) is 4.83. The molecule has 0 aliphatic rings. The minimum Gasteiger partial charge on any atom is -0.384 e. The molecule has 0 saturated carbocycles. The fraction of sp³-hybridized carbons (Fsp3) is 0.364. The molecule has 0 bridgehead atoms. The molecule has 0 saturated heterocycles. The van der Waals surface area contributed by atoms with Gasteiger partial charge in [-0.1, -0.05) is 0 Å². The van der Waals surface area contributed by atoms with Gasteiger partial charge in [-0.15, -0.1) is 0 Å². The van der Waals surface area contributed by atoms with Crippen LogP contribution in [0.5, 0.6) is 0 Å². The molecule has 0 heterocycles. The first-order valence-corrected chi connectivity index (χ1v) is 4.83. The lowest BCUT2D eigenvalue weighted by Crippen LogP contribution is -2.13. The van der Waals surface area contributed by atoms with Crippen LogP contribution in [0.1, 0.15) is 11.1 Å². The summed E-state index contributed by atoms with van der Waals surface area (Å²) < 4.78 is 4.94. The Morgan fingerprint density at radius 2 is 2.27 bits per heavy atom. The van der Waals surface area contributed by atoms with Crippen LogP contribution < -0.4 is 11.1 Å². The molecule has 0 unspecified atom stereocenters. The summed E-state index contributed by atoms with van der Waals surface area (Å²) in [4.78, 5) is 0. The number of rotatable bonds is 5. The van der Waals surface area contributed by atoms with Crippen molar-refractivity contribution in [3.63, 3.8) is 0 Å². The lowest BCUT2D eigenvalue weighted by molar-refractivity contribution is 0.211. The largest absolute Gasteiger partial charge is 0.384 e. The molecular weight excluding hydrogens is 190 g/mol. The van der Waals surface area contributed by atoms with Gasteiger partial charge in [-0.2, -0.15) is 0 Å². The van der Waals surface area contributed by atoms with E-state index in [1.807, 2.05) is 25.1 Å². The average Bonchev–Trinajstić information content (AvgIpc) is 2.17. The van der Waals surface area contributed by atoms with Crippen molar-refractivity contribution in [2.45, 2.75) is 6.92 Å². The van der Waals surface area contributed by atoms with Crippen LogP contribution in [0.25, 0.3) is 0 Å². The molecule has 82 valence electrons. The van der Waals surface area contributed by atoms with Crippen LogP contribution in [-0.2, 0) is 4.74 Å². The van der Waals surface area contributed by atoms with Crippen molar-refractivity contribution in [3.05, 3.63) is 29.3 Å². The molecule has 1 rings (SSSR count). The number of benzene rings is 1. The summed E-state index contributed by atoms with van der Waals surface area (Å²) in [6.45, 7) is 3.39. The predicted octanol–water partition coefficient (Wildman–Crippen LogP) is 1.34. The topological polar surface area (TPSA) is 71.1 Å². The molecule has 4 nitrogen and oxygen atoms in total.